The van der Waals surface area contributed by atoms with Crippen molar-refractivity contribution in [2.45, 2.75) is 70.9 Å². The quantitative estimate of drug-likeness (QED) is 0.533. The monoisotopic (exact) mass is 430 g/mol. The van der Waals surface area contributed by atoms with E-state index in [0.717, 1.165) is 36.0 Å². The van der Waals surface area contributed by atoms with Gasteiger partial charge in [0.1, 0.15) is 0 Å². The third kappa shape index (κ3) is 4.58. The molecule has 0 spiro atoms. The number of aromatic nitrogens is 2. The van der Waals surface area contributed by atoms with Gasteiger partial charge in [0, 0.05) is 18.2 Å². The van der Waals surface area contributed by atoms with E-state index in [1.54, 1.807) is 0 Å². The Morgan fingerprint density at radius 3 is 2.56 bits per heavy atom. The zero-order valence-corrected chi connectivity index (χ0v) is 19.1. The van der Waals surface area contributed by atoms with Crippen LogP contribution in [0.5, 0.6) is 0 Å². The minimum atomic E-state index is -0.0883. The number of piperidine rings is 1. The van der Waals surface area contributed by atoms with Gasteiger partial charge in [-0.15, -0.1) is 0 Å². The Morgan fingerprint density at radius 2 is 1.78 bits per heavy atom. The number of benzene rings is 2. The molecule has 1 amide bonds. The van der Waals surface area contributed by atoms with Crippen LogP contribution in [-0.4, -0.2) is 33.4 Å². The molecule has 0 radical (unpaired) electrons. The predicted octanol–water partition coefficient (Wildman–Crippen LogP) is 6.09. The van der Waals surface area contributed by atoms with E-state index in [0.29, 0.717) is 17.6 Å². The minimum absolute atomic E-state index is 0.0883. The number of nitrogens with one attached hydrogen (secondary N) is 1. The SMILES string of the molecule is Cc1cccc(C(=O)Nc2nc3cc(CN4CCCCC4)ccc3n2C2CCCCC2)c1. The fourth-order valence-corrected chi connectivity index (χ4v) is 5.38. The highest BCUT2D eigenvalue weighted by atomic mass is 16.1. The third-order valence-electron chi connectivity index (χ3n) is 7.05. The van der Waals surface area contributed by atoms with Crippen LogP contribution in [0, 0.1) is 6.92 Å². The van der Waals surface area contributed by atoms with Gasteiger partial charge in [-0.2, -0.15) is 0 Å². The summed E-state index contributed by atoms with van der Waals surface area (Å²) in [5.41, 5.74) is 5.20. The average Bonchev–Trinajstić information content (AvgIpc) is 3.17. The number of carbonyl (C=O) groups is 1. The molecule has 2 aromatic carbocycles. The Labute approximate surface area is 190 Å². The van der Waals surface area contributed by atoms with E-state index >= 15 is 0 Å². The summed E-state index contributed by atoms with van der Waals surface area (Å²) in [6, 6.07) is 14.8. The summed E-state index contributed by atoms with van der Waals surface area (Å²) in [5, 5.41) is 3.14. The van der Waals surface area contributed by atoms with Gasteiger partial charge >= 0.3 is 0 Å². The molecule has 5 rings (SSSR count). The van der Waals surface area contributed by atoms with Crippen molar-refractivity contribution < 1.29 is 4.79 Å². The Balaban J connectivity index is 1.47. The lowest BCUT2D eigenvalue weighted by Crippen LogP contribution is -2.29. The summed E-state index contributed by atoms with van der Waals surface area (Å²) in [5.74, 6) is 0.600. The number of nitrogens with zero attached hydrogens (tertiary/aromatic N) is 3. The van der Waals surface area contributed by atoms with Crippen molar-refractivity contribution in [1.29, 1.82) is 0 Å². The summed E-state index contributed by atoms with van der Waals surface area (Å²) in [7, 11) is 0. The van der Waals surface area contributed by atoms with Gasteiger partial charge in [-0.3, -0.25) is 15.0 Å². The van der Waals surface area contributed by atoms with Gasteiger partial charge in [-0.1, -0.05) is 49.4 Å². The summed E-state index contributed by atoms with van der Waals surface area (Å²) in [6.45, 7) is 5.37. The molecule has 5 heteroatoms. The number of fused-ring (bicyclic) bond motifs is 1. The number of imidazole rings is 1. The van der Waals surface area contributed by atoms with E-state index < -0.39 is 0 Å². The van der Waals surface area contributed by atoms with Crippen molar-refractivity contribution in [2.24, 2.45) is 0 Å². The van der Waals surface area contributed by atoms with Gasteiger partial charge < -0.3 is 4.57 Å². The molecule has 1 aliphatic heterocycles. The highest BCUT2D eigenvalue weighted by Crippen LogP contribution is 2.35. The molecule has 0 atom stereocenters. The van der Waals surface area contributed by atoms with E-state index in [1.807, 2.05) is 31.2 Å². The second kappa shape index (κ2) is 9.45. The van der Waals surface area contributed by atoms with Crippen molar-refractivity contribution in [3.63, 3.8) is 0 Å². The molecule has 2 heterocycles. The molecule has 1 aromatic heterocycles. The van der Waals surface area contributed by atoms with Crippen LogP contribution in [0.4, 0.5) is 5.95 Å². The molecule has 5 nitrogen and oxygen atoms in total. The highest BCUT2D eigenvalue weighted by Gasteiger charge is 2.23. The molecule has 3 aromatic rings. The van der Waals surface area contributed by atoms with E-state index in [4.69, 9.17) is 4.98 Å². The van der Waals surface area contributed by atoms with Crippen LogP contribution in [0.1, 0.15) is 78.9 Å². The zero-order valence-electron chi connectivity index (χ0n) is 19.1. The lowest BCUT2D eigenvalue weighted by atomic mass is 9.95. The number of anilines is 1. The molecule has 168 valence electrons. The molecule has 1 N–H and O–H groups in total. The molecule has 2 aliphatic rings. The van der Waals surface area contributed by atoms with E-state index in [9.17, 15) is 4.79 Å². The maximum atomic E-state index is 13.0. The number of hydrogen-bond donors (Lipinski definition) is 1. The molecule has 2 fully saturated rings. The first-order valence-electron chi connectivity index (χ1n) is 12.3. The van der Waals surface area contributed by atoms with Crippen molar-refractivity contribution in [3.05, 3.63) is 59.2 Å². The Morgan fingerprint density at radius 1 is 1.00 bits per heavy atom. The molecule has 0 unspecified atom stereocenters. The maximum Gasteiger partial charge on any atom is 0.257 e. The van der Waals surface area contributed by atoms with Crippen LogP contribution < -0.4 is 5.32 Å². The van der Waals surface area contributed by atoms with Crippen molar-refractivity contribution >= 4 is 22.9 Å². The second-order valence-electron chi connectivity index (χ2n) is 9.58. The summed E-state index contributed by atoms with van der Waals surface area (Å²) in [6.07, 6.45) is 10.0. The first kappa shape index (κ1) is 21.2. The van der Waals surface area contributed by atoms with Gasteiger partial charge in [0.2, 0.25) is 5.95 Å². The van der Waals surface area contributed by atoms with Crippen LogP contribution in [0.25, 0.3) is 11.0 Å². The molecule has 1 saturated carbocycles. The highest BCUT2D eigenvalue weighted by molar-refractivity contribution is 6.04. The van der Waals surface area contributed by atoms with Crippen molar-refractivity contribution in [2.75, 3.05) is 18.4 Å². The molecule has 1 aliphatic carbocycles. The fourth-order valence-electron chi connectivity index (χ4n) is 5.38. The number of aryl methyl sites for hydroxylation is 1. The molecule has 0 bridgehead atoms. The summed E-state index contributed by atoms with van der Waals surface area (Å²) in [4.78, 5) is 20.5. The number of carbonyl (C=O) groups excluding carboxylic acids is 1. The lowest BCUT2D eigenvalue weighted by Gasteiger charge is -2.26. The first-order valence-corrected chi connectivity index (χ1v) is 12.3. The second-order valence-corrected chi connectivity index (χ2v) is 9.58. The third-order valence-corrected chi connectivity index (χ3v) is 7.05. The standard InChI is InChI=1S/C27H34N4O/c1-20-9-8-10-22(17-20)26(32)29-27-28-24-18-21(19-30-15-6-3-7-16-30)13-14-25(24)31(27)23-11-4-2-5-12-23/h8-10,13-14,17-18,23H,2-7,11-12,15-16,19H2,1H3,(H,28,29,32). The van der Waals surface area contributed by atoms with Crippen molar-refractivity contribution in [3.8, 4) is 0 Å². The summed E-state index contributed by atoms with van der Waals surface area (Å²) < 4.78 is 2.30. The maximum absolute atomic E-state index is 13.0. The van der Waals surface area contributed by atoms with Crippen molar-refractivity contribution in [1.82, 2.24) is 14.5 Å². The summed E-state index contributed by atoms with van der Waals surface area (Å²) >= 11 is 0. The molecular weight excluding hydrogens is 396 g/mol. The zero-order chi connectivity index (χ0) is 21.9. The van der Waals surface area contributed by atoms with Crippen LogP contribution >= 0.6 is 0 Å². The van der Waals surface area contributed by atoms with E-state index in [-0.39, 0.29) is 5.91 Å². The minimum Gasteiger partial charge on any atom is -0.307 e. The van der Waals surface area contributed by atoms with Gasteiger partial charge in [0.25, 0.3) is 5.91 Å². The normalized spacial score (nSPS) is 18.2. The number of amides is 1. The molecule has 32 heavy (non-hydrogen) atoms. The van der Waals surface area contributed by atoms with Crippen LogP contribution in [0.3, 0.4) is 0 Å². The predicted molar refractivity (Wildman–Crippen MR) is 130 cm³/mol. The van der Waals surface area contributed by atoms with Crippen LogP contribution in [-0.2, 0) is 6.54 Å². The van der Waals surface area contributed by atoms with Crippen LogP contribution in [0.15, 0.2) is 42.5 Å². The number of rotatable bonds is 5. The van der Waals surface area contributed by atoms with E-state index in [1.165, 1.54) is 57.2 Å². The number of hydrogen-bond acceptors (Lipinski definition) is 3. The van der Waals surface area contributed by atoms with Gasteiger partial charge in [0.15, 0.2) is 0 Å². The Kier molecular flexibility index (Phi) is 6.26. The fraction of sp³-hybridized carbons (Fsp3) is 0.481. The van der Waals surface area contributed by atoms with Gasteiger partial charge in [-0.25, -0.2) is 4.98 Å². The van der Waals surface area contributed by atoms with Gasteiger partial charge in [-0.05, 0) is 75.5 Å². The number of likely N-dealkylation sites (tertiary alicyclic amines) is 1. The first-order chi connectivity index (χ1) is 15.7. The topological polar surface area (TPSA) is 50.2 Å². The Hall–Kier alpha value is -2.66. The largest absolute Gasteiger partial charge is 0.307 e. The van der Waals surface area contributed by atoms with Gasteiger partial charge in [0.05, 0.1) is 11.0 Å². The molecule has 1 saturated heterocycles. The lowest BCUT2D eigenvalue weighted by molar-refractivity contribution is 0.102. The average molecular weight is 431 g/mol. The smallest absolute Gasteiger partial charge is 0.257 e. The Bertz CT molecular complexity index is 1090. The van der Waals surface area contributed by atoms with Crippen LogP contribution in [0.2, 0.25) is 0 Å². The molecular formula is C27H34N4O. The van der Waals surface area contributed by atoms with E-state index in [2.05, 4.69) is 33.0 Å².